The van der Waals surface area contributed by atoms with Crippen molar-refractivity contribution in [2.45, 2.75) is 45.6 Å². The van der Waals surface area contributed by atoms with E-state index in [1.165, 1.54) is 4.31 Å². The lowest BCUT2D eigenvalue weighted by molar-refractivity contribution is 0.238. The van der Waals surface area contributed by atoms with E-state index in [4.69, 9.17) is 5.11 Å². The number of hydrogen-bond acceptors (Lipinski definition) is 3. The predicted molar refractivity (Wildman–Crippen MR) is 72.4 cm³/mol. The van der Waals surface area contributed by atoms with Crippen LogP contribution in [-0.2, 0) is 10.2 Å². The largest absolute Gasteiger partial charge is 0.396 e. The third-order valence-electron chi connectivity index (χ3n) is 3.96. The summed E-state index contributed by atoms with van der Waals surface area (Å²) in [5, 5.41) is 8.72. The fourth-order valence-electron chi connectivity index (χ4n) is 2.37. The molecule has 0 aliphatic heterocycles. The van der Waals surface area contributed by atoms with Gasteiger partial charge in [0.15, 0.2) is 0 Å². The van der Waals surface area contributed by atoms with Crippen LogP contribution in [0.3, 0.4) is 0 Å². The normalized spacial score (nSPS) is 29.7. The molecule has 0 heterocycles. The fourth-order valence-corrected chi connectivity index (χ4v) is 3.55. The van der Waals surface area contributed by atoms with Crippen LogP contribution in [0.5, 0.6) is 0 Å². The van der Waals surface area contributed by atoms with Crippen molar-refractivity contribution in [3.63, 3.8) is 0 Å². The Kier molecular flexibility index (Phi) is 6.04. The minimum Gasteiger partial charge on any atom is -0.396 e. The fraction of sp³-hybridized carbons (Fsp3) is 1.00. The van der Waals surface area contributed by atoms with E-state index >= 15 is 0 Å². The van der Waals surface area contributed by atoms with Crippen molar-refractivity contribution < 1.29 is 13.5 Å². The lowest BCUT2D eigenvalue weighted by atomic mass is 9.79. The standard InChI is InChI=1S/C12H26N2O3S/c1-10-5-6-12(9-11(10)2)13-18(16,17)14(3)7-4-8-15/h10-13,15H,4-9H2,1-3H3. The van der Waals surface area contributed by atoms with E-state index in [1.807, 2.05) is 0 Å². The van der Waals surface area contributed by atoms with E-state index in [9.17, 15) is 8.42 Å². The van der Waals surface area contributed by atoms with E-state index in [2.05, 4.69) is 18.6 Å². The molecule has 1 saturated carbocycles. The molecule has 3 atom stereocenters. The van der Waals surface area contributed by atoms with Gasteiger partial charge in [-0.15, -0.1) is 0 Å². The van der Waals surface area contributed by atoms with Crippen LogP contribution in [-0.4, -0.2) is 44.1 Å². The maximum Gasteiger partial charge on any atom is 0.279 e. The summed E-state index contributed by atoms with van der Waals surface area (Å²) in [6.07, 6.45) is 3.37. The van der Waals surface area contributed by atoms with E-state index in [-0.39, 0.29) is 12.6 Å². The molecule has 0 aromatic carbocycles. The summed E-state index contributed by atoms with van der Waals surface area (Å²) in [4.78, 5) is 0. The average Bonchev–Trinajstić information content (AvgIpc) is 2.30. The van der Waals surface area contributed by atoms with Gasteiger partial charge in [0.2, 0.25) is 0 Å². The zero-order valence-corrected chi connectivity index (χ0v) is 12.4. The molecule has 1 aliphatic rings. The van der Waals surface area contributed by atoms with Gasteiger partial charge >= 0.3 is 0 Å². The second kappa shape index (κ2) is 6.84. The number of nitrogens with zero attached hydrogens (tertiary/aromatic N) is 1. The van der Waals surface area contributed by atoms with Crippen LogP contribution >= 0.6 is 0 Å². The first-order valence-electron chi connectivity index (χ1n) is 6.71. The zero-order valence-electron chi connectivity index (χ0n) is 11.6. The molecule has 0 spiro atoms. The highest BCUT2D eigenvalue weighted by Gasteiger charge is 2.28. The van der Waals surface area contributed by atoms with Gasteiger partial charge in [-0.05, 0) is 37.5 Å². The molecule has 0 saturated heterocycles. The molecule has 6 heteroatoms. The van der Waals surface area contributed by atoms with Gasteiger partial charge in [-0.3, -0.25) is 0 Å². The molecule has 18 heavy (non-hydrogen) atoms. The Bertz CT molecular complexity index is 345. The van der Waals surface area contributed by atoms with Gasteiger partial charge in [0.25, 0.3) is 10.2 Å². The zero-order chi connectivity index (χ0) is 13.8. The van der Waals surface area contributed by atoms with Crippen LogP contribution in [0.2, 0.25) is 0 Å². The summed E-state index contributed by atoms with van der Waals surface area (Å²) in [6, 6.07) is 0.0535. The molecule has 1 rings (SSSR count). The van der Waals surface area contributed by atoms with Crippen molar-refractivity contribution in [2.24, 2.45) is 11.8 Å². The van der Waals surface area contributed by atoms with Gasteiger partial charge in [-0.25, -0.2) is 0 Å². The molecule has 0 aromatic rings. The summed E-state index contributed by atoms with van der Waals surface area (Å²) in [5.74, 6) is 1.24. The van der Waals surface area contributed by atoms with Crippen LogP contribution in [0, 0.1) is 11.8 Å². The van der Waals surface area contributed by atoms with Crippen LogP contribution in [0.25, 0.3) is 0 Å². The Hall–Kier alpha value is -0.170. The topological polar surface area (TPSA) is 69.6 Å². The summed E-state index contributed by atoms with van der Waals surface area (Å²) >= 11 is 0. The third kappa shape index (κ3) is 4.50. The Labute approximate surface area is 111 Å². The van der Waals surface area contributed by atoms with Crippen molar-refractivity contribution in [1.29, 1.82) is 0 Å². The molecule has 5 nitrogen and oxygen atoms in total. The number of nitrogens with one attached hydrogen (secondary N) is 1. The summed E-state index contributed by atoms with van der Waals surface area (Å²) in [5.41, 5.74) is 0. The van der Waals surface area contributed by atoms with Crippen molar-refractivity contribution in [1.82, 2.24) is 9.03 Å². The van der Waals surface area contributed by atoms with E-state index < -0.39 is 10.2 Å². The van der Waals surface area contributed by atoms with Gasteiger partial charge in [-0.2, -0.15) is 17.4 Å². The molecule has 1 aliphatic carbocycles. The number of aliphatic hydroxyl groups is 1. The van der Waals surface area contributed by atoms with Gasteiger partial charge in [-0.1, -0.05) is 13.8 Å². The molecule has 0 amide bonds. The lowest BCUT2D eigenvalue weighted by Gasteiger charge is -2.33. The summed E-state index contributed by atoms with van der Waals surface area (Å²) in [6.45, 7) is 4.77. The average molecular weight is 278 g/mol. The summed E-state index contributed by atoms with van der Waals surface area (Å²) in [7, 11) is -1.85. The molecular formula is C12H26N2O3S. The minimum atomic E-state index is -3.40. The van der Waals surface area contributed by atoms with Crippen LogP contribution < -0.4 is 4.72 Å². The molecule has 1 fully saturated rings. The third-order valence-corrected chi connectivity index (χ3v) is 5.59. The number of hydrogen-bond donors (Lipinski definition) is 2. The maximum atomic E-state index is 12.0. The monoisotopic (exact) mass is 278 g/mol. The highest BCUT2D eigenvalue weighted by atomic mass is 32.2. The Morgan fingerprint density at radius 1 is 1.28 bits per heavy atom. The Morgan fingerprint density at radius 2 is 1.94 bits per heavy atom. The molecule has 0 aromatic heterocycles. The second-order valence-electron chi connectivity index (χ2n) is 5.49. The first-order chi connectivity index (χ1) is 8.36. The maximum absolute atomic E-state index is 12.0. The van der Waals surface area contributed by atoms with Crippen molar-refractivity contribution in [3.8, 4) is 0 Å². The first-order valence-corrected chi connectivity index (χ1v) is 8.15. The van der Waals surface area contributed by atoms with Crippen molar-refractivity contribution >= 4 is 10.2 Å². The first kappa shape index (κ1) is 15.9. The number of rotatable bonds is 6. The van der Waals surface area contributed by atoms with E-state index in [0.29, 0.717) is 24.8 Å². The van der Waals surface area contributed by atoms with E-state index in [1.54, 1.807) is 7.05 Å². The molecule has 108 valence electrons. The quantitative estimate of drug-likeness (QED) is 0.760. The van der Waals surface area contributed by atoms with Crippen LogP contribution in [0.1, 0.15) is 39.5 Å². The molecule has 0 bridgehead atoms. The Morgan fingerprint density at radius 3 is 2.50 bits per heavy atom. The van der Waals surface area contributed by atoms with Crippen LogP contribution in [0.4, 0.5) is 0 Å². The number of aliphatic hydroxyl groups excluding tert-OH is 1. The molecule has 3 unspecified atom stereocenters. The molecule has 0 radical (unpaired) electrons. The van der Waals surface area contributed by atoms with Crippen LogP contribution in [0.15, 0.2) is 0 Å². The van der Waals surface area contributed by atoms with Gasteiger partial charge in [0, 0.05) is 26.2 Å². The Balaban J connectivity index is 2.50. The second-order valence-corrected chi connectivity index (χ2v) is 7.30. The summed E-state index contributed by atoms with van der Waals surface area (Å²) < 4.78 is 28.1. The van der Waals surface area contributed by atoms with Gasteiger partial charge in [0.05, 0.1) is 0 Å². The lowest BCUT2D eigenvalue weighted by Crippen LogP contribution is -2.46. The smallest absolute Gasteiger partial charge is 0.279 e. The van der Waals surface area contributed by atoms with Crippen molar-refractivity contribution in [3.05, 3.63) is 0 Å². The predicted octanol–water partition coefficient (Wildman–Crippen LogP) is 0.960. The highest BCUT2D eigenvalue weighted by molar-refractivity contribution is 7.87. The van der Waals surface area contributed by atoms with Gasteiger partial charge < -0.3 is 5.11 Å². The SMILES string of the molecule is CC1CCC(NS(=O)(=O)N(C)CCCO)CC1C. The van der Waals surface area contributed by atoms with E-state index in [0.717, 1.165) is 19.3 Å². The molecule has 2 N–H and O–H groups in total. The highest BCUT2D eigenvalue weighted by Crippen LogP contribution is 2.29. The minimum absolute atomic E-state index is 0.0117. The van der Waals surface area contributed by atoms with Gasteiger partial charge in [0.1, 0.15) is 0 Å². The van der Waals surface area contributed by atoms with Crippen molar-refractivity contribution in [2.75, 3.05) is 20.2 Å². The molecular weight excluding hydrogens is 252 g/mol.